The highest BCUT2D eigenvalue weighted by atomic mass is 16.4. The van der Waals surface area contributed by atoms with Gasteiger partial charge in [0, 0.05) is 25.7 Å². The molecule has 0 radical (unpaired) electrons. The monoisotopic (exact) mass is 223 g/mol. The Labute approximate surface area is 97.0 Å². The summed E-state index contributed by atoms with van der Waals surface area (Å²) in [5.41, 5.74) is 0. The van der Waals surface area contributed by atoms with Gasteiger partial charge in [-0.05, 0) is 13.3 Å². The van der Waals surface area contributed by atoms with Gasteiger partial charge in [0.15, 0.2) is 0 Å². The smallest absolute Gasteiger partial charge is 0.208 e. The molecule has 1 unspecified atom stereocenters. The lowest BCUT2D eigenvalue weighted by Gasteiger charge is -2.32. The Balaban J connectivity index is 1.85. The van der Waals surface area contributed by atoms with Crippen LogP contribution < -0.4 is 5.32 Å². The van der Waals surface area contributed by atoms with Gasteiger partial charge in [-0.2, -0.15) is 0 Å². The normalized spacial score (nSPS) is 22.5. The summed E-state index contributed by atoms with van der Waals surface area (Å²) in [4.78, 5) is 6.67. The zero-order chi connectivity index (χ0) is 11.4. The number of nitrogens with zero attached hydrogens (tertiary/aromatic N) is 2. The maximum atomic E-state index is 5.51. The van der Waals surface area contributed by atoms with Gasteiger partial charge >= 0.3 is 0 Å². The molecule has 2 heterocycles. The van der Waals surface area contributed by atoms with E-state index in [2.05, 4.69) is 22.1 Å². The average Bonchev–Trinajstić information content (AvgIpc) is 2.65. The van der Waals surface area contributed by atoms with Gasteiger partial charge in [0.1, 0.15) is 5.76 Å². The van der Waals surface area contributed by atoms with E-state index >= 15 is 0 Å². The van der Waals surface area contributed by atoms with Crippen molar-refractivity contribution in [3.8, 4) is 0 Å². The van der Waals surface area contributed by atoms with Crippen molar-refractivity contribution < 1.29 is 4.42 Å². The van der Waals surface area contributed by atoms with Crippen LogP contribution in [0.4, 0.5) is 0 Å². The summed E-state index contributed by atoms with van der Waals surface area (Å²) in [6.07, 6.45) is 4.28. The molecule has 1 aromatic rings. The first-order valence-corrected chi connectivity index (χ1v) is 6.15. The highest BCUT2D eigenvalue weighted by molar-refractivity contribution is 4.91. The average molecular weight is 223 g/mol. The molecule has 1 aromatic heterocycles. The van der Waals surface area contributed by atoms with Gasteiger partial charge in [0.2, 0.25) is 5.89 Å². The lowest BCUT2D eigenvalue weighted by atomic mass is 10.1. The second kappa shape index (κ2) is 5.46. The fourth-order valence-electron chi connectivity index (χ4n) is 2.25. The molecule has 0 bridgehead atoms. The first-order chi connectivity index (χ1) is 7.78. The Kier molecular flexibility index (Phi) is 3.96. The lowest BCUT2D eigenvalue weighted by Crippen LogP contribution is -2.50. The Morgan fingerprint density at radius 3 is 3.19 bits per heavy atom. The Morgan fingerprint density at radius 2 is 2.50 bits per heavy atom. The zero-order valence-corrected chi connectivity index (χ0v) is 10.2. The van der Waals surface area contributed by atoms with Crippen molar-refractivity contribution in [1.29, 1.82) is 0 Å². The van der Waals surface area contributed by atoms with Crippen LogP contribution in [0, 0.1) is 6.92 Å². The molecule has 4 nitrogen and oxygen atoms in total. The first-order valence-electron chi connectivity index (χ1n) is 6.15. The van der Waals surface area contributed by atoms with E-state index in [4.69, 9.17) is 4.42 Å². The number of aromatic nitrogens is 1. The molecule has 2 rings (SSSR count). The molecule has 1 aliphatic heterocycles. The van der Waals surface area contributed by atoms with Gasteiger partial charge in [0.25, 0.3) is 0 Å². The van der Waals surface area contributed by atoms with Crippen molar-refractivity contribution in [2.45, 2.75) is 39.3 Å². The van der Waals surface area contributed by atoms with Crippen molar-refractivity contribution in [2.75, 3.05) is 19.6 Å². The highest BCUT2D eigenvalue weighted by Crippen LogP contribution is 2.10. The van der Waals surface area contributed by atoms with Crippen LogP contribution in [-0.2, 0) is 6.54 Å². The molecule has 0 aliphatic carbocycles. The summed E-state index contributed by atoms with van der Waals surface area (Å²) in [6, 6.07) is 0.634. The molecule has 0 aromatic carbocycles. The van der Waals surface area contributed by atoms with E-state index in [-0.39, 0.29) is 0 Å². The summed E-state index contributed by atoms with van der Waals surface area (Å²) in [5.74, 6) is 1.74. The summed E-state index contributed by atoms with van der Waals surface area (Å²) >= 11 is 0. The predicted octanol–water partition coefficient (Wildman–Crippen LogP) is 1.56. The molecule has 1 atom stereocenters. The third-order valence-electron chi connectivity index (χ3n) is 3.00. The number of aryl methyl sites for hydroxylation is 1. The van der Waals surface area contributed by atoms with E-state index in [0.717, 1.165) is 37.8 Å². The minimum atomic E-state index is 0.634. The largest absolute Gasteiger partial charge is 0.445 e. The highest BCUT2D eigenvalue weighted by Gasteiger charge is 2.19. The van der Waals surface area contributed by atoms with Gasteiger partial charge in [-0.25, -0.2) is 4.98 Å². The molecule has 0 saturated carbocycles. The Morgan fingerprint density at radius 1 is 1.62 bits per heavy atom. The van der Waals surface area contributed by atoms with E-state index in [1.165, 1.54) is 12.8 Å². The zero-order valence-electron chi connectivity index (χ0n) is 10.2. The SMILES string of the molecule is CCCC1CN(Cc2ncc(C)o2)CCN1. The molecule has 0 amide bonds. The van der Waals surface area contributed by atoms with Gasteiger partial charge in [-0.3, -0.25) is 4.90 Å². The third-order valence-corrected chi connectivity index (χ3v) is 3.00. The molecule has 1 aliphatic rings. The Hall–Kier alpha value is -0.870. The van der Waals surface area contributed by atoms with Crippen molar-refractivity contribution in [1.82, 2.24) is 15.2 Å². The van der Waals surface area contributed by atoms with Gasteiger partial charge in [-0.15, -0.1) is 0 Å². The van der Waals surface area contributed by atoms with Crippen LogP contribution in [0.2, 0.25) is 0 Å². The quantitative estimate of drug-likeness (QED) is 0.841. The van der Waals surface area contributed by atoms with E-state index in [0.29, 0.717) is 6.04 Å². The van der Waals surface area contributed by atoms with Crippen LogP contribution in [-0.4, -0.2) is 35.6 Å². The fraction of sp³-hybridized carbons (Fsp3) is 0.750. The maximum Gasteiger partial charge on any atom is 0.208 e. The second-order valence-electron chi connectivity index (χ2n) is 4.54. The van der Waals surface area contributed by atoms with Gasteiger partial charge in [0.05, 0.1) is 12.7 Å². The summed E-state index contributed by atoms with van der Waals surface area (Å²) in [6.45, 7) is 8.28. The van der Waals surface area contributed by atoms with Crippen molar-refractivity contribution in [2.24, 2.45) is 0 Å². The second-order valence-corrected chi connectivity index (χ2v) is 4.54. The molecule has 90 valence electrons. The summed E-state index contributed by atoms with van der Waals surface area (Å²) in [5, 5.41) is 3.55. The van der Waals surface area contributed by atoms with Crippen molar-refractivity contribution in [3.05, 3.63) is 17.8 Å². The molecule has 4 heteroatoms. The summed E-state index contributed by atoms with van der Waals surface area (Å²) < 4.78 is 5.51. The maximum absolute atomic E-state index is 5.51. The van der Waals surface area contributed by atoms with Crippen molar-refractivity contribution in [3.63, 3.8) is 0 Å². The van der Waals surface area contributed by atoms with Crippen LogP contribution in [0.5, 0.6) is 0 Å². The Bertz CT molecular complexity index is 322. The van der Waals surface area contributed by atoms with Crippen LogP contribution in [0.1, 0.15) is 31.4 Å². The molecule has 1 N–H and O–H groups in total. The molecule has 0 spiro atoms. The van der Waals surface area contributed by atoms with E-state index in [1.54, 1.807) is 6.20 Å². The fourth-order valence-corrected chi connectivity index (χ4v) is 2.25. The van der Waals surface area contributed by atoms with Crippen LogP contribution in [0.3, 0.4) is 0 Å². The van der Waals surface area contributed by atoms with Crippen LogP contribution >= 0.6 is 0 Å². The van der Waals surface area contributed by atoms with E-state index in [9.17, 15) is 0 Å². The molecule has 16 heavy (non-hydrogen) atoms. The van der Waals surface area contributed by atoms with Crippen molar-refractivity contribution >= 4 is 0 Å². The minimum absolute atomic E-state index is 0.634. The standard InChI is InChI=1S/C12H21N3O/c1-3-4-11-8-15(6-5-13-11)9-12-14-7-10(2)16-12/h7,11,13H,3-6,8-9H2,1-2H3. The molecular weight excluding hydrogens is 202 g/mol. The number of nitrogens with one attached hydrogen (secondary N) is 1. The van der Waals surface area contributed by atoms with Gasteiger partial charge in [-0.1, -0.05) is 13.3 Å². The number of piperazine rings is 1. The van der Waals surface area contributed by atoms with Crippen LogP contribution in [0.15, 0.2) is 10.6 Å². The predicted molar refractivity (Wildman–Crippen MR) is 63.2 cm³/mol. The van der Waals surface area contributed by atoms with E-state index in [1.807, 2.05) is 6.92 Å². The number of hydrogen-bond donors (Lipinski definition) is 1. The number of hydrogen-bond acceptors (Lipinski definition) is 4. The number of oxazole rings is 1. The third kappa shape index (κ3) is 3.06. The van der Waals surface area contributed by atoms with E-state index < -0.39 is 0 Å². The minimum Gasteiger partial charge on any atom is -0.445 e. The summed E-state index contributed by atoms with van der Waals surface area (Å²) in [7, 11) is 0. The lowest BCUT2D eigenvalue weighted by molar-refractivity contribution is 0.172. The first kappa shape index (κ1) is 11.6. The topological polar surface area (TPSA) is 41.3 Å². The van der Waals surface area contributed by atoms with Gasteiger partial charge < -0.3 is 9.73 Å². The molecule has 1 fully saturated rings. The molecule has 1 saturated heterocycles. The molecular formula is C12H21N3O. The number of rotatable bonds is 4. The van der Waals surface area contributed by atoms with Crippen LogP contribution in [0.25, 0.3) is 0 Å².